The van der Waals surface area contributed by atoms with Crippen LogP contribution in [-0.2, 0) is 4.79 Å². The number of halogens is 1. The van der Waals surface area contributed by atoms with Crippen LogP contribution >= 0.6 is 0 Å². The van der Waals surface area contributed by atoms with Crippen LogP contribution in [-0.4, -0.2) is 29.4 Å². The molecule has 1 saturated heterocycles. The van der Waals surface area contributed by atoms with Gasteiger partial charge >= 0.3 is 6.03 Å². The number of hydrogen-bond donors (Lipinski definition) is 0. The number of benzene rings is 1. The van der Waals surface area contributed by atoms with Crippen molar-refractivity contribution >= 4 is 17.6 Å². The van der Waals surface area contributed by atoms with Crippen molar-refractivity contribution in [1.82, 2.24) is 4.90 Å². The van der Waals surface area contributed by atoms with Gasteiger partial charge < -0.3 is 0 Å². The van der Waals surface area contributed by atoms with E-state index in [0.29, 0.717) is 18.5 Å². The molecule has 3 amide bonds. The quantitative estimate of drug-likeness (QED) is 0.625. The Balaban J connectivity index is 2.19. The minimum atomic E-state index is -0.616. The van der Waals surface area contributed by atoms with E-state index in [0.717, 1.165) is 4.90 Å². The second-order valence-electron chi connectivity index (χ2n) is 4.56. The Hall–Kier alpha value is -2.42. The second kappa shape index (κ2) is 5.70. The first-order valence-electron chi connectivity index (χ1n) is 6.33. The Morgan fingerprint density at radius 3 is 2.55 bits per heavy atom. The number of rotatable bonds is 4. The summed E-state index contributed by atoms with van der Waals surface area (Å²) in [7, 11) is 0. The van der Waals surface area contributed by atoms with Crippen molar-refractivity contribution in [3.05, 3.63) is 30.1 Å². The van der Waals surface area contributed by atoms with Gasteiger partial charge in [-0.15, -0.1) is 0 Å². The zero-order valence-electron chi connectivity index (χ0n) is 11.0. The van der Waals surface area contributed by atoms with E-state index < -0.39 is 17.9 Å². The van der Waals surface area contributed by atoms with Gasteiger partial charge in [0.05, 0.1) is 6.07 Å². The first kappa shape index (κ1) is 14.0. The van der Waals surface area contributed by atoms with E-state index in [-0.39, 0.29) is 12.5 Å². The van der Waals surface area contributed by atoms with Gasteiger partial charge in [0, 0.05) is 18.7 Å². The zero-order valence-corrected chi connectivity index (χ0v) is 11.0. The number of nitriles is 1. The Labute approximate surface area is 116 Å². The maximum atomic E-state index is 12.9. The molecule has 20 heavy (non-hydrogen) atoms. The van der Waals surface area contributed by atoms with Crippen LogP contribution in [0, 0.1) is 17.1 Å². The molecule has 1 aromatic carbocycles. The molecule has 1 aliphatic rings. The number of hydrogen-bond acceptors (Lipinski definition) is 3. The number of urea groups is 1. The van der Waals surface area contributed by atoms with Gasteiger partial charge in [0.1, 0.15) is 11.9 Å². The molecule has 0 N–H and O–H groups in total. The van der Waals surface area contributed by atoms with Gasteiger partial charge in [0.2, 0.25) is 0 Å². The number of carbonyl (C=O) groups is 2. The average Bonchev–Trinajstić information content (AvgIpc) is 2.64. The van der Waals surface area contributed by atoms with Gasteiger partial charge in [-0.3, -0.25) is 14.6 Å². The van der Waals surface area contributed by atoms with Gasteiger partial charge in [0.25, 0.3) is 5.91 Å². The SMILES string of the molecule is CC1C(=O)N(CCCC#N)C(=O)N1c1ccc(F)cc1. The number of nitrogens with zero attached hydrogens (tertiary/aromatic N) is 3. The van der Waals surface area contributed by atoms with Crippen molar-refractivity contribution in [2.45, 2.75) is 25.8 Å². The molecular weight excluding hydrogens is 261 g/mol. The fourth-order valence-electron chi connectivity index (χ4n) is 2.18. The van der Waals surface area contributed by atoms with Crippen molar-refractivity contribution in [1.29, 1.82) is 5.26 Å². The van der Waals surface area contributed by atoms with Gasteiger partial charge in [0.15, 0.2) is 0 Å². The van der Waals surface area contributed by atoms with Crippen LogP contribution in [0.25, 0.3) is 0 Å². The molecule has 6 heteroatoms. The summed E-state index contributed by atoms with van der Waals surface area (Å²) in [5, 5.41) is 8.50. The summed E-state index contributed by atoms with van der Waals surface area (Å²) in [5.74, 6) is -0.692. The van der Waals surface area contributed by atoms with E-state index in [1.54, 1.807) is 6.92 Å². The molecule has 0 radical (unpaired) electrons. The van der Waals surface area contributed by atoms with Crippen LogP contribution in [0.5, 0.6) is 0 Å². The normalized spacial score (nSPS) is 18.6. The molecule has 1 aromatic rings. The molecule has 0 saturated carbocycles. The fourth-order valence-corrected chi connectivity index (χ4v) is 2.18. The number of carbonyl (C=O) groups excluding carboxylic acids is 2. The number of imide groups is 1. The lowest BCUT2D eigenvalue weighted by molar-refractivity contribution is -0.126. The Bertz CT molecular complexity index is 565. The molecule has 1 unspecified atom stereocenters. The molecule has 5 nitrogen and oxygen atoms in total. The van der Waals surface area contributed by atoms with Crippen molar-refractivity contribution in [3.8, 4) is 6.07 Å². The number of unbranched alkanes of at least 4 members (excludes halogenated alkanes) is 1. The highest BCUT2D eigenvalue weighted by Gasteiger charge is 2.42. The Kier molecular flexibility index (Phi) is 3.99. The summed E-state index contributed by atoms with van der Waals surface area (Å²) in [4.78, 5) is 26.8. The fraction of sp³-hybridized carbons (Fsp3) is 0.357. The van der Waals surface area contributed by atoms with E-state index in [1.165, 1.54) is 29.2 Å². The highest BCUT2D eigenvalue weighted by atomic mass is 19.1. The molecule has 0 spiro atoms. The van der Waals surface area contributed by atoms with Crippen LogP contribution in [0.1, 0.15) is 19.8 Å². The predicted molar refractivity (Wildman–Crippen MR) is 70.3 cm³/mol. The van der Waals surface area contributed by atoms with E-state index in [9.17, 15) is 14.0 Å². The van der Waals surface area contributed by atoms with Crippen LogP contribution < -0.4 is 4.90 Å². The molecule has 0 bridgehead atoms. The third kappa shape index (κ3) is 2.48. The van der Waals surface area contributed by atoms with Crippen molar-refractivity contribution in [2.24, 2.45) is 0 Å². The lowest BCUT2D eigenvalue weighted by Crippen LogP contribution is -2.34. The van der Waals surface area contributed by atoms with Gasteiger partial charge in [-0.25, -0.2) is 9.18 Å². The standard InChI is InChI=1S/C14H14FN3O2/c1-10-13(19)17(9-3-2-8-16)14(20)18(10)12-6-4-11(15)5-7-12/h4-7,10H,2-3,9H2,1H3. The summed E-state index contributed by atoms with van der Waals surface area (Å²) in [5.41, 5.74) is 0.486. The molecule has 104 valence electrons. The lowest BCUT2D eigenvalue weighted by Gasteiger charge is -2.19. The first-order chi connectivity index (χ1) is 9.56. The number of anilines is 1. The first-order valence-corrected chi connectivity index (χ1v) is 6.33. The van der Waals surface area contributed by atoms with E-state index >= 15 is 0 Å². The third-order valence-corrected chi connectivity index (χ3v) is 3.22. The van der Waals surface area contributed by atoms with Gasteiger partial charge in [-0.05, 0) is 37.6 Å². The molecule has 0 aliphatic carbocycles. The van der Waals surface area contributed by atoms with E-state index in [4.69, 9.17) is 5.26 Å². The summed E-state index contributed by atoms with van der Waals surface area (Å²) in [6, 6.07) is 6.37. The molecular formula is C14H14FN3O2. The Morgan fingerprint density at radius 2 is 1.95 bits per heavy atom. The van der Waals surface area contributed by atoms with E-state index in [2.05, 4.69) is 0 Å². The van der Waals surface area contributed by atoms with Crippen molar-refractivity contribution in [3.63, 3.8) is 0 Å². The van der Waals surface area contributed by atoms with Crippen LogP contribution in [0.3, 0.4) is 0 Å². The monoisotopic (exact) mass is 275 g/mol. The molecule has 1 aliphatic heterocycles. The van der Waals surface area contributed by atoms with Crippen LogP contribution in [0.15, 0.2) is 24.3 Å². The smallest absolute Gasteiger partial charge is 0.282 e. The minimum Gasteiger partial charge on any atom is -0.282 e. The molecule has 1 atom stereocenters. The van der Waals surface area contributed by atoms with Crippen LogP contribution in [0.2, 0.25) is 0 Å². The van der Waals surface area contributed by atoms with Gasteiger partial charge in [-0.2, -0.15) is 5.26 Å². The minimum absolute atomic E-state index is 0.229. The lowest BCUT2D eigenvalue weighted by atomic mass is 10.2. The molecule has 1 fully saturated rings. The van der Waals surface area contributed by atoms with Crippen molar-refractivity contribution in [2.75, 3.05) is 11.4 Å². The highest BCUT2D eigenvalue weighted by molar-refractivity contribution is 6.14. The summed E-state index contributed by atoms with van der Waals surface area (Å²) in [6.07, 6.45) is 0.750. The highest BCUT2D eigenvalue weighted by Crippen LogP contribution is 2.26. The van der Waals surface area contributed by atoms with Crippen molar-refractivity contribution < 1.29 is 14.0 Å². The predicted octanol–water partition coefficient (Wildman–Crippen LogP) is 2.29. The largest absolute Gasteiger partial charge is 0.331 e. The molecule has 0 aromatic heterocycles. The molecule has 2 rings (SSSR count). The molecule has 1 heterocycles. The third-order valence-electron chi connectivity index (χ3n) is 3.22. The average molecular weight is 275 g/mol. The summed E-state index contributed by atoms with van der Waals surface area (Å²) >= 11 is 0. The summed E-state index contributed by atoms with van der Waals surface area (Å²) < 4.78 is 12.9. The Morgan fingerprint density at radius 1 is 1.30 bits per heavy atom. The number of amides is 3. The topological polar surface area (TPSA) is 64.4 Å². The van der Waals surface area contributed by atoms with E-state index in [1.807, 2.05) is 6.07 Å². The zero-order chi connectivity index (χ0) is 14.7. The summed E-state index contributed by atoms with van der Waals surface area (Å²) in [6.45, 7) is 1.86. The maximum Gasteiger partial charge on any atom is 0.331 e. The maximum absolute atomic E-state index is 12.9. The van der Waals surface area contributed by atoms with Crippen LogP contribution in [0.4, 0.5) is 14.9 Å². The second-order valence-corrected chi connectivity index (χ2v) is 4.56. The van der Waals surface area contributed by atoms with Gasteiger partial charge in [-0.1, -0.05) is 0 Å².